The highest BCUT2D eigenvalue weighted by atomic mass is 32.2. The van der Waals surface area contributed by atoms with Gasteiger partial charge in [-0.15, -0.1) is 0 Å². The van der Waals surface area contributed by atoms with Crippen molar-refractivity contribution in [1.29, 1.82) is 0 Å². The zero-order valence-corrected chi connectivity index (χ0v) is 11.2. The molecule has 0 aliphatic rings. The van der Waals surface area contributed by atoms with Crippen molar-refractivity contribution in [3.63, 3.8) is 0 Å². The Hall–Kier alpha value is -0.910. The smallest absolute Gasteiger partial charge is 0.241 e. The number of rotatable bonds is 7. The van der Waals surface area contributed by atoms with Crippen LogP contribution in [0.5, 0.6) is 0 Å². The number of sulfonamides is 1. The summed E-state index contributed by atoms with van der Waals surface area (Å²) < 4.78 is 26.2. The van der Waals surface area contributed by atoms with Crippen molar-refractivity contribution >= 4 is 10.0 Å². The van der Waals surface area contributed by atoms with Crippen LogP contribution in [0, 0.1) is 6.92 Å². The lowest BCUT2D eigenvalue weighted by molar-refractivity contribution is 0.565. The molecule has 1 rings (SSSR count). The molecule has 0 saturated heterocycles. The number of nitrogens with one attached hydrogen (secondary N) is 2. The lowest BCUT2D eigenvalue weighted by Gasteiger charge is -2.08. The van der Waals surface area contributed by atoms with E-state index in [4.69, 9.17) is 0 Å². The van der Waals surface area contributed by atoms with E-state index in [1.54, 1.807) is 24.3 Å². The van der Waals surface area contributed by atoms with E-state index in [1.807, 2.05) is 6.92 Å². The Kier molecular flexibility index (Phi) is 5.61. The van der Waals surface area contributed by atoms with Crippen LogP contribution in [0.4, 0.5) is 0 Å². The Morgan fingerprint density at radius 1 is 1.18 bits per heavy atom. The maximum Gasteiger partial charge on any atom is 0.241 e. The van der Waals surface area contributed by atoms with Gasteiger partial charge >= 0.3 is 0 Å². The van der Waals surface area contributed by atoms with Crippen LogP contribution in [0.3, 0.4) is 0 Å². The molecule has 2 N–H and O–H groups in total. The topological polar surface area (TPSA) is 58.2 Å². The fraction of sp³-hybridized carbons (Fsp3) is 0.500. The summed E-state index contributed by atoms with van der Waals surface area (Å²) in [6.07, 6.45) is 2.14. The minimum atomic E-state index is -3.38. The van der Waals surface area contributed by atoms with E-state index in [1.165, 1.54) is 0 Å². The summed E-state index contributed by atoms with van der Waals surface area (Å²) in [5.74, 6) is 0. The third-order valence-electron chi connectivity index (χ3n) is 2.43. The van der Waals surface area contributed by atoms with Crippen molar-refractivity contribution in [2.45, 2.75) is 31.6 Å². The molecule has 4 nitrogen and oxygen atoms in total. The molecular weight excluding hydrogens is 236 g/mol. The SMILES string of the molecule is CCCCNCNS(=O)(=O)c1ccc(C)cc1. The molecule has 0 amide bonds. The first kappa shape index (κ1) is 14.2. The van der Waals surface area contributed by atoms with Crippen molar-refractivity contribution in [3.05, 3.63) is 29.8 Å². The number of aryl methyl sites for hydroxylation is 1. The average molecular weight is 256 g/mol. The van der Waals surface area contributed by atoms with E-state index < -0.39 is 10.0 Å². The normalized spacial score (nSPS) is 11.6. The molecule has 0 spiro atoms. The van der Waals surface area contributed by atoms with Crippen molar-refractivity contribution in [3.8, 4) is 0 Å². The summed E-state index contributed by atoms with van der Waals surface area (Å²) in [6, 6.07) is 6.81. The van der Waals surface area contributed by atoms with Gasteiger partial charge in [-0.2, -0.15) is 4.72 Å². The molecule has 0 unspecified atom stereocenters. The fourth-order valence-corrected chi connectivity index (χ4v) is 2.29. The molecule has 17 heavy (non-hydrogen) atoms. The van der Waals surface area contributed by atoms with Gasteiger partial charge in [-0.3, -0.25) is 0 Å². The number of unbranched alkanes of at least 4 members (excludes halogenated alkanes) is 1. The Labute approximate surface area is 103 Å². The Morgan fingerprint density at radius 2 is 1.82 bits per heavy atom. The molecule has 0 atom stereocenters. The van der Waals surface area contributed by atoms with Gasteiger partial charge in [0.15, 0.2) is 0 Å². The maximum absolute atomic E-state index is 11.8. The van der Waals surface area contributed by atoms with Gasteiger partial charge in [0.25, 0.3) is 0 Å². The van der Waals surface area contributed by atoms with E-state index in [-0.39, 0.29) is 6.67 Å². The second-order valence-corrected chi connectivity index (χ2v) is 5.76. The molecule has 0 aliphatic heterocycles. The summed E-state index contributed by atoms with van der Waals surface area (Å²) in [7, 11) is -3.38. The highest BCUT2D eigenvalue weighted by molar-refractivity contribution is 7.89. The lowest BCUT2D eigenvalue weighted by Crippen LogP contribution is -2.34. The predicted molar refractivity (Wildman–Crippen MR) is 69.3 cm³/mol. The molecule has 0 aromatic heterocycles. The molecular formula is C12H20N2O2S. The highest BCUT2D eigenvalue weighted by Gasteiger charge is 2.11. The number of benzene rings is 1. The molecule has 96 valence electrons. The Morgan fingerprint density at radius 3 is 2.41 bits per heavy atom. The highest BCUT2D eigenvalue weighted by Crippen LogP contribution is 2.09. The molecule has 0 heterocycles. The monoisotopic (exact) mass is 256 g/mol. The van der Waals surface area contributed by atoms with Crippen molar-refractivity contribution in [2.75, 3.05) is 13.2 Å². The second-order valence-electron chi connectivity index (χ2n) is 3.99. The first-order valence-electron chi connectivity index (χ1n) is 5.83. The third-order valence-corrected chi connectivity index (χ3v) is 3.84. The van der Waals surface area contributed by atoms with E-state index in [2.05, 4.69) is 17.0 Å². The predicted octanol–water partition coefficient (Wildman–Crippen LogP) is 1.62. The van der Waals surface area contributed by atoms with Gasteiger partial charge < -0.3 is 5.32 Å². The lowest BCUT2D eigenvalue weighted by atomic mass is 10.2. The quantitative estimate of drug-likeness (QED) is 0.576. The minimum absolute atomic E-state index is 0.274. The average Bonchev–Trinajstić information content (AvgIpc) is 2.29. The van der Waals surface area contributed by atoms with Gasteiger partial charge in [0.2, 0.25) is 10.0 Å². The molecule has 0 aliphatic carbocycles. The summed E-state index contributed by atoms with van der Waals surface area (Å²) in [4.78, 5) is 0.306. The second kappa shape index (κ2) is 6.74. The Bertz CT molecular complexity index is 426. The van der Waals surface area contributed by atoms with Crippen LogP contribution >= 0.6 is 0 Å². The molecule has 0 fully saturated rings. The van der Waals surface area contributed by atoms with Crippen LogP contribution in [-0.2, 0) is 10.0 Å². The minimum Gasteiger partial charge on any atom is -0.304 e. The zero-order chi connectivity index (χ0) is 12.7. The van der Waals surface area contributed by atoms with Gasteiger partial charge in [0, 0.05) is 0 Å². The van der Waals surface area contributed by atoms with Gasteiger partial charge in [0.1, 0.15) is 0 Å². The first-order valence-corrected chi connectivity index (χ1v) is 7.31. The zero-order valence-electron chi connectivity index (χ0n) is 10.4. The van der Waals surface area contributed by atoms with E-state index in [0.29, 0.717) is 4.90 Å². The van der Waals surface area contributed by atoms with Gasteiger partial charge in [-0.05, 0) is 32.0 Å². The van der Waals surface area contributed by atoms with E-state index in [0.717, 1.165) is 24.9 Å². The molecule has 0 saturated carbocycles. The molecule has 1 aromatic carbocycles. The van der Waals surface area contributed by atoms with Crippen LogP contribution in [0.15, 0.2) is 29.2 Å². The Balaban J connectivity index is 2.48. The first-order chi connectivity index (χ1) is 8.06. The summed E-state index contributed by atoms with van der Waals surface area (Å²) in [6.45, 7) is 5.12. The molecule has 0 bridgehead atoms. The van der Waals surface area contributed by atoms with Crippen molar-refractivity contribution in [1.82, 2.24) is 10.0 Å². The third kappa shape index (κ3) is 4.85. The van der Waals surface area contributed by atoms with Crippen LogP contribution in [0.25, 0.3) is 0 Å². The molecule has 5 heteroatoms. The summed E-state index contributed by atoms with van der Waals surface area (Å²) in [5.41, 5.74) is 1.05. The number of hydrogen-bond donors (Lipinski definition) is 2. The molecule has 1 aromatic rings. The van der Waals surface area contributed by atoms with Crippen LogP contribution in [0.2, 0.25) is 0 Å². The largest absolute Gasteiger partial charge is 0.304 e. The summed E-state index contributed by atoms with van der Waals surface area (Å²) >= 11 is 0. The van der Waals surface area contributed by atoms with E-state index >= 15 is 0 Å². The van der Waals surface area contributed by atoms with Crippen LogP contribution < -0.4 is 10.0 Å². The van der Waals surface area contributed by atoms with E-state index in [9.17, 15) is 8.42 Å². The molecule has 0 radical (unpaired) electrons. The van der Waals surface area contributed by atoms with Crippen LogP contribution in [0.1, 0.15) is 25.3 Å². The standard InChI is InChI=1S/C12H20N2O2S/c1-3-4-9-13-10-14-17(15,16)12-7-5-11(2)6-8-12/h5-8,13-14H,3-4,9-10H2,1-2H3. The van der Waals surface area contributed by atoms with Gasteiger partial charge in [0.05, 0.1) is 11.6 Å². The van der Waals surface area contributed by atoms with Crippen molar-refractivity contribution in [2.24, 2.45) is 0 Å². The maximum atomic E-state index is 11.8. The summed E-state index contributed by atoms with van der Waals surface area (Å²) in [5, 5.41) is 3.03. The van der Waals surface area contributed by atoms with Crippen LogP contribution in [-0.4, -0.2) is 21.6 Å². The fourth-order valence-electron chi connectivity index (χ4n) is 1.34. The van der Waals surface area contributed by atoms with Crippen molar-refractivity contribution < 1.29 is 8.42 Å². The van der Waals surface area contributed by atoms with Gasteiger partial charge in [-0.25, -0.2) is 8.42 Å². The van der Waals surface area contributed by atoms with Gasteiger partial charge in [-0.1, -0.05) is 31.0 Å². The number of hydrogen-bond acceptors (Lipinski definition) is 3.